The van der Waals surface area contributed by atoms with E-state index in [-0.39, 0.29) is 5.56 Å². The highest BCUT2D eigenvalue weighted by molar-refractivity contribution is 5.96. The molecule has 2 rings (SSSR count). The van der Waals surface area contributed by atoms with Gasteiger partial charge in [-0.2, -0.15) is 0 Å². The largest absolute Gasteiger partial charge is 0.478 e. The molecule has 2 heteroatoms. The topological polar surface area (TPSA) is 37.3 Å². The van der Waals surface area contributed by atoms with Crippen molar-refractivity contribution in [3.8, 4) is 0 Å². The van der Waals surface area contributed by atoms with E-state index in [2.05, 4.69) is 6.58 Å². The minimum atomic E-state index is -0.930. The summed E-state index contributed by atoms with van der Waals surface area (Å²) in [6, 6.07) is 14.8. The molecular weight excluding hydrogens is 224 g/mol. The van der Waals surface area contributed by atoms with E-state index >= 15 is 0 Å². The lowest BCUT2D eigenvalue weighted by Gasteiger charge is -2.11. The van der Waals surface area contributed by atoms with Crippen LogP contribution in [0.15, 0.2) is 55.1 Å². The molecule has 0 aromatic heterocycles. The second kappa shape index (κ2) is 4.88. The minimum Gasteiger partial charge on any atom is -0.478 e. The maximum absolute atomic E-state index is 11.2. The lowest BCUT2D eigenvalue weighted by atomic mass is 9.93. The van der Waals surface area contributed by atoms with E-state index in [1.54, 1.807) is 18.2 Å². The van der Waals surface area contributed by atoms with E-state index in [4.69, 9.17) is 0 Å². The molecule has 2 aromatic rings. The number of carbonyl (C=O) groups is 1. The molecule has 0 amide bonds. The van der Waals surface area contributed by atoms with Gasteiger partial charge in [0.2, 0.25) is 0 Å². The Kier molecular flexibility index (Phi) is 3.28. The maximum atomic E-state index is 11.2. The van der Waals surface area contributed by atoms with E-state index in [0.717, 1.165) is 16.7 Å². The third-order valence-electron chi connectivity index (χ3n) is 2.95. The first-order chi connectivity index (χ1) is 8.61. The van der Waals surface area contributed by atoms with E-state index in [1.807, 2.05) is 37.3 Å². The predicted octanol–water partition coefficient (Wildman–Crippen LogP) is 3.75. The molecule has 1 N–H and O–H groups in total. The Balaban J connectivity index is 2.54. The van der Waals surface area contributed by atoms with Crippen molar-refractivity contribution in [3.05, 3.63) is 77.4 Å². The zero-order valence-corrected chi connectivity index (χ0v) is 10.2. The average molecular weight is 238 g/mol. The number of aryl methyl sites for hydroxylation is 1. The number of rotatable bonds is 3. The smallest absolute Gasteiger partial charge is 0.336 e. The lowest BCUT2D eigenvalue weighted by Crippen LogP contribution is -2.02. The van der Waals surface area contributed by atoms with E-state index in [0.29, 0.717) is 5.56 Å². The van der Waals surface area contributed by atoms with E-state index < -0.39 is 5.97 Å². The first-order valence-electron chi connectivity index (χ1n) is 5.69. The van der Waals surface area contributed by atoms with Crippen molar-refractivity contribution in [1.82, 2.24) is 0 Å². The summed E-state index contributed by atoms with van der Waals surface area (Å²) in [5.41, 5.74) is 3.75. The molecule has 0 spiro atoms. The van der Waals surface area contributed by atoms with Crippen molar-refractivity contribution in [1.29, 1.82) is 0 Å². The summed E-state index contributed by atoms with van der Waals surface area (Å²) in [5, 5.41) is 9.19. The summed E-state index contributed by atoms with van der Waals surface area (Å²) in [6.45, 7) is 6.03. The molecule has 2 aromatic carbocycles. The van der Waals surface area contributed by atoms with Crippen LogP contribution in [-0.2, 0) is 0 Å². The molecule has 0 saturated heterocycles. The van der Waals surface area contributed by atoms with Gasteiger partial charge in [-0.1, -0.05) is 49.0 Å². The molecule has 0 atom stereocenters. The molecule has 0 aliphatic rings. The van der Waals surface area contributed by atoms with Crippen LogP contribution >= 0.6 is 0 Å². The van der Waals surface area contributed by atoms with Gasteiger partial charge in [0, 0.05) is 0 Å². The van der Waals surface area contributed by atoms with Crippen LogP contribution in [0, 0.1) is 6.92 Å². The summed E-state index contributed by atoms with van der Waals surface area (Å²) in [4.78, 5) is 11.2. The van der Waals surface area contributed by atoms with Gasteiger partial charge in [-0.25, -0.2) is 4.79 Å². The Morgan fingerprint density at radius 2 is 1.44 bits per heavy atom. The second-order valence-electron chi connectivity index (χ2n) is 4.14. The van der Waals surface area contributed by atoms with Gasteiger partial charge in [0.05, 0.1) is 5.56 Å². The molecule has 0 fully saturated rings. The van der Waals surface area contributed by atoms with Gasteiger partial charge in [-0.3, -0.25) is 0 Å². The van der Waals surface area contributed by atoms with Gasteiger partial charge in [-0.15, -0.1) is 0 Å². The fourth-order valence-electron chi connectivity index (χ4n) is 1.99. The summed E-state index contributed by atoms with van der Waals surface area (Å²) < 4.78 is 0. The van der Waals surface area contributed by atoms with Gasteiger partial charge in [0.15, 0.2) is 0 Å². The van der Waals surface area contributed by atoms with Crippen LogP contribution in [-0.4, -0.2) is 11.1 Å². The Hall–Kier alpha value is -2.35. The highest BCUT2D eigenvalue weighted by Gasteiger charge is 2.13. The SMILES string of the molecule is C=C(c1ccccc1C)c1ccccc1C(=O)O. The van der Waals surface area contributed by atoms with Crippen LogP contribution in [0.25, 0.3) is 5.57 Å². The number of aromatic carboxylic acids is 1. The third kappa shape index (κ3) is 2.18. The van der Waals surface area contributed by atoms with Gasteiger partial charge in [-0.05, 0) is 35.3 Å². The molecule has 0 bridgehead atoms. The molecule has 0 aliphatic carbocycles. The van der Waals surface area contributed by atoms with Gasteiger partial charge in [0.1, 0.15) is 0 Å². The highest BCUT2D eigenvalue weighted by atomic mass is 16.4. The number of carboxylic acids is 1. The second-order valence-corrected chi connectivity index (χ2v) is 4.14. The third-order valence-corrected chi connectivity index (χ3v) is 2.95. The quantitative estimate of drug-likeness (QED) is 0.884. The van der Waals surface area contributed by atoms with Crippen LogP contribution in [0.2, 0.25) is 0 Å². The minimum absolute atomic E-state index is 0.283. The summed E-state index contributed by atoms with van der Waals surface area (Å²) in [7, 11) is 0. The molecule has 0 unspecified atom stereocenters. The summed E-state index contributed by atoms with van der Waals surface area (Å²) in [5.74, 6) is -0.930. The first kappa shape index (κ1) is 12.1. The van der Waals surface area contributed by atoms with Crippen molar-refractivity contribution in [2.75, 3.05) is 0 Å². The van der Waals surface area contributed by atoms with Crippen LogP contribution < -0.4 is 0 Å². The molecule has 90 valence electrons. The molecule has 0 aliphatic heterocycles. The highest BCUT2D eigenvalue weighted by Crippen LogP contribution is 2.26. The lowest BCUT2D eigenvalue weighted by molar-refractivity contribution is 0.0696. The maximum Gasteiger partial charge on any atom is 0.336 e. The number of hydrogen-bond acceptors (Lipinski definition) is 1. The fourth-order valence-corrected chi connectivity index (χ4v) is 1.99. The summed E-state index contributed by atoms with van der Waals surface area (Å²) >= 11 is 0. The van der Waals surface area contributed by atoms with E-state index in [9.17, 15) is 9.90 Å². The Labute approximate surface area is 106 Å². The predicted molar refractivity (Wildman–Crippen MR) is 72.7 cm³/mol. The fraction of sp³-hybridized carbons (Fsp3) is 0.0625. The van der Waals surface area contributed by atoms with Crippen LogP contribution in [0.1, 0.15) is 27.0 Å². The van der Waals surface area contributed by atoms with Crippen molar-refractivity contribution in [2.24, 2.45) is 0 Å². The molecule has 0 saturated carbocycles. The standard InChI is InChI=1S/C16H14O2/c1-11-7-3-4-8-13(11)12(2)14-9-5-6-10-15(14)16(17)18/h3-10H,2H2,1H3,(H,17,18). The van der Waals surface area contributed by atoms with E-state index in [1.165, 1.54) is 0 Å². The molecule has 18 heavy (non-hydrogen) atoms. The van der Waals surface area contributed by atoms with Crippen LogP contribution in [0.3, 0.4) is 0 Å². The Morgan fingerprint density at radius 3 is 2.00 bits per heavy atom. The van der Waals surface area contributed by atoms with Crippen molar-refractivity contribution >= 4 is 11.5 Å². The zero-order chi connectivity index (χ0) is 13.1. The number of carboxylic acid groups (broad SMARTS) is 1. The number of hydrogen-bond donors (Lipinski definition) is 1. The molecule has 2 nitrogen and oxygen atoms in total. The van der Waals surface area contributed by atoms with Crippen molar-refractivity contribution in [3.63, 3.8) is 0 Å². The number of benzene rings is 2. The molecular formula is C16H14O2. The van der Waals surface area contributed by atoms with Crippen LogP contribution in [0.4, 0.5) is 0 Å². The normalized spacial score (nSPS) is 10.1. The van der Waals surface area contributed by atoms with Crippen molar-refractivity contribution < 1.29 is 9.90 Å². The average Bonchev–Trinajstić information content (AvgIpc) is 2.38. The molecule has 0 heterocycles. The monoisotopic (exact) mass is 238 g/mol. The first-order valence-corrected chi connectivity index (χ1v) is 5.69. The van der Waals surface area contributed by atoms with Gasteiger partial charge >= 0.3 is 5.97 Å². The van der Waals surface area contributed by atoms with Crippen molar-refractivity contribution in [2.45, 2.75) is 6.92 Å². The molecule has 0 radical (unpaired) electrons. The Bertz CT molecular complexity index is 612. The summed E-state index contributed by atoms with van der Waals surface area (Å²) in [6.07, 6.45) is 0. The zero-order valence-electron chi connectivity index (χ0n) is 10.2. The van der Waals surface area contributed by atoms with Gasteiger partial charge < -0.3 is 5.11 Å². The van der Waals surface area contributed by atoms with Gasteiger partial charge in [0.25, 0.3) is 0 Å². The Morgan fingerprint density at radius 1 is 0.944 bits per heavy atom. The van der Waals surface area contributed by atoms with Crippen LogP contribution in [0.5, 0.6) is 0 Å².